The zero-order valence-corrected chi connectivity index (χ0v) is 19.5. The average Bonchev–Trinajstić information content (AvgIpc) is 3.32. The fourth-order valence-electron chi connectivity index (χ4n) is 3.82. The number of nitrogens with one attached hydrogen (secondary N) is 1. The van der Waals surface area contributed by atoms with Gasteiger partial charge in [0.2, 0.25) is 5.95 Å². The first-order valence-corrected chi connectivity index (χ1v) is 11.1. The quantitative estimate of drug-likeness (QED) is 0.467. The Labute approximate surface area is 200 Å². The van der Waals surface area contributed by atoms with Crippen LogP contribution < -0.4 is 9.64 Å². The maximum absolute atomic E-state index is 14.8. The summed E-state index contributed by atoms with van der Waals surface area (Å²) in [5.74, 6) is -0.305. The first-order valence-electron chi connectivity index (χ1n) is 11.1. The highest BCUT2D eigenvalue weighted by Gasteiger charge is 2.22. The van der Waals surface area contributed by atoms with E-state index in [0.717, 1.165) is 22.5 Å². The van der Waals surface area contributed by atoms with Crippen LogP contribution in [-0.2, 0) is 4.74 Å². The van der Waals surface area contributed by atoms with Crippen molar-refractivity contribution >= 4 is 22.8 Å². The Balaban J connectivity index is 1.52. The number of H-pyrrole nitrogens is 1. The lowest BCUT2D eigenvalue weighted by atomic mass is 10.1. The van der Waals surface area contributed by atoms with Crippen molar-refractivity contribution in [2.75, 3.05) is 38.7 Å². The minimum atomic E-state index is -0.693. The molecule has 1 aliphatic heterocycles. The van der Waals surface area contributed by atoms with E-state index in [9.17, 15) is 9.18 Å². The monoisotopic (exact) mass is 477 g/mol. The zero-order chi connectivity index (χ0) is 24.5. The summed E-state index contributed by atoms with van der Waals surface area (Å²) >= 11 is 0. The van der Waals surface area contributed by atoms with Crippen molar-refractivity contribution in [1.82, 2.24) is 30.0 Å². The molecule has 10 nitrogen and oxygen atoms in total. The molecule has 1 aliphatic rings. The second-order valence-electron chi connectivity index (χ2n) is 8.49. The maximum atomic E-state index is 14.8. The number of anilines is 1. The van der Waals surface area contributed by atoms with Gasteiger partial charge in [-0.05, 0) is 43.3 Å². The number of benzene rings is 2. The Morgan fingerprint density at radius 3 is 2.83 bits per heavy atom. The van der Waals surface area contributed by atoms with Gasteiger partial charge in [-0.2, -0.15) is 20.1 Å². The van der Waals surface area contributed by atoms with Crippen LogP contribution in [-0.4, -0.2) is 75.9 Å². The van der Waals surface area contributed by atoms with Gasteiger partial charge < -0.3 is 19.3 Å². The van der Waals surface area contributed by atoms with Crippen LogP contribution in [0.5, 0.6) is 11.8 Å². The maximum Gasteiger partial charge on any atom is 0.327 e. The fourth-order valence-corrected chi connectivity index (χ4v) is 3.82. The van der Waals surface area contributed by atoms with E-state index in [4.69, 9.17) is 9.47 Å². The second-order valence-corrected chi connectivity index (χ2v) is 8.49. The van der Waals surface area contributed by atoms with Crippen LogP contribution in [0.15, 0.2) is 42.6 Å². The highest BCUT2D eigenvalue weighted by Crippen LogP contribution is 2.28. The molecule has 5 rings (SSSR count). The summed E-state index contributed by atoms with van der Waals surface area (Å²) in [6.45, 7) is 3.71. The summed E-state index contributed by atoms with van der Waals surface area (Å²) in [6.07, 6.45) is 1.73. The molecule has 1 N–H and O–H groups in total. The largest absolute Gasteiger partial charge is 0.421 e. The zero-order valence-electron chi connectivity index (χ0n) is 19.5. The van der Waals surface area contributed by atoms with Crippen molar-refractivity contribution in [1.29, 1.82) is 0 Å². The Hall–Kier alpha value is -4.12. The van der Waals surface area contributed by atoms with E-state index in [2.05, 4.69) is 25.1 Å². The Bertz CT molecular complexity index is 1390. The second kappa shape index (κ2) is 9.26. The Morgan fingerprint density at radius 1 is 1.20 bits per heavy atom. The molecule has 180 valence electrons. The van der Waals surface area contributed by atoms with E-state index < -0.39 is 5.82 Å². The Morgan fingerprint density at radius 2 is 2.06 bits per heavy atom. The van der Waals surface area contributed by atoms with Crippen LogP contribution >= 0.6 is 0 Å². The molecule has 0 aliphatic carbocycles. The number of rotatable bonds is 5. The van der Waals surface area contributed by atoms with Crippen molar-refractivity contribution in [2.45, 2.75) is 13.0 Å². The molecular formula is C24H24FN7O3. The van der Waals surface area contributed by atoms with Crippen LogP contribution in [0.25, 0.3) is 22.3 Å². The molecule has 0 bridgehead atoms. The first-order chi connectivity index (χ1) is 16.9. The predicted octanol–water partition coefficient (Wildman–Crippen LogP) is 3.27. The molecule has 0 spiro atoms. The first kappa shape index (κ1) is 22.7. The molecule has 1 fully saturated rings. The lowest BCUT2D eigenvalue weighted by Gasteiger charge is -2.31. The van der Waals surface area contributed by atoms with Gasteiger partial charge in [0.25, 0.3) is 5.91 Å². The van der Waals surface area contributed by atoms with Crippen molar-refractivity contribution in [3.8, 4) is 23.1 Å². The van der Waals surface area contributed by atoms with E-state index in [1.54, 1.807) is 20.3 Å². The van der Waals surface area contributed by atoms with Gasteiger partial charge in [0.05, 0.1) is 24.4 Å². The van der Waals surface area contributed by atoms with Crippen LogP contribution in [0.3, 0.4) is 0 Å². The highest BCUT2D eigenvalue weighted by atomic mass is 19.1. The number of carbonyl (C=O) groups is 1. The summed E-state index contributed by atoms with van der Waals surface area (Å²) < 4.78 is 26.2. The number of halogens is 1. The van der Waals surface area contributed by atoms with E-state index in [0.29, 0.717) is 31.5 Å². The number of aromatic nitrogens is 5. The van der Waals surface area contributed by atoms with Crippen LogP contribution in [0, 0.1) is 5.82 Å². The third kappa shape index (κ3) is 4.76. The number of amides is 1. The van der Waals surface area contributed by atoms with E-state index >= 15 is 0 Å². The molecular weight excluding hydrogens is 453 g/mol. The molecule has 2 aromatic carbocycles. The number of morpholine rings is 1. The number of hydrogen-bond acceptors (Lipinski definition) is 8. The predicted molar refractivity (Wildman–Crippen MR) is 127 cm³/mol. The van der Waals surface area contributed by atoms with Gasteiger partial charge >= 0.3 is 6.01 Å². The van der Waals surface area contributed by atoms with Crippen LogP contribution in [0.1, 0.15) is 17.3 Å². The number of carbonyl (C=O) groups excluding carboxylic acids is 1. The Kier molecular flexibility index (Phi) is 6.00. The summed E-state index contributed by atoms with van der Waals surface area (Å²) in [7, 11) is 3.21. The molecule has 0 saturated carbocycles. The van der Waals surface area contributed by atoms with Crippen LogP contribution in [0.2, 0.25) is 0 Å². The molecule has 11 heteroatoms. The van der Waals surface area contributed by atoms with Gasteiger partial charge in [-0.1, -0.05) is 0 Å². The van der Waals surface area contributed by atoms with Gasteiger partial charge in [0, 0.05) is 43.7 Å². The van der Waals surface area contributed by atoms with E-state index in [-0.39, 0.29) is 29.3 Å². The minimum Gasteiger partial charge on any atom is -0.421 e. The standard InChI is InChI=1S/C24H24FN7O3/c1-14-13-32(8-9-34-14)23-27-21(15-4-6-19-17(10-15)12-26-30-19)28-24(29-23)35-20-7-5-16(11-18(20)25)22(33)31(2)3/h4-7,10-12,14H,8-9,13H2,1-3H3,(H,26,30). The lowest BCUT2D eigenvalue weighted by molar-refractivity contribution is 0.0526. The SMILES string of the molecule is CC1CN(c2nc(Oc3ccc(C(=O)N(C)C)cc3F)nc(-c3ccc4[nH]ncc4c3)n2)CCO1. The van der Waals surface area contributed by atoms with Gasteiger partial charge in [-0.3, -0.25) is 9.89 Å². The van der Waals surface area contributed by atoms with Crippen LogP contribution in [0.4, 0.5) is 10.3 Å². The van der Waals surface area contributed by atoms with E-state index in [1.807, 2.05) is 30.0 Å². The van der Waals surface area contributed by atoms with Gasteiger partial charge in [0.15, 0.2) is 17.4 Å². The third-order valence-electron chi connectivity index (χ3n) is 5.61. The molecule has 1 saturated heterocycles. The number of aromatic amines is 1. The summed E-state index contributed by atoms with van der Waals surface area (Å²) in [5, 5.41) is 7.87. The molecule has 1 amide bonds. The van der Waals surface area contributed by atoms with E-state index in [1.165, 1.54) is 17.0 Å². The summed E-state index contributed by atoms with van der Waals surface area (Å²) in [5.41, 5.74) is 1.84. The summed E-state index contributed by atoms with van der Waals surface area (Å²) in [6, 6.07) is 9.64. The normalized spacial score (nSPS) is 15.9. The number of nitrogens with zero attached hydrogens (tertiary/aromatic N) is 6. The van der Waals surface area contributed by atoms with Crippen molar-refractivity contribution < 1.29 is 18.7 Å². The number of ether oxygens (including phenoxy) is 2. The summed E-state index contributed by atoms with van der Waals surface area (Å²) in [4.78, 5) is 29.1. The van der Waals surface area contributed by atoms with Gasteiger partial charge in [-0.25, -0.2) is 4.39 Å². The minimum absolute atomic E-state index is 0.00911. The molecule has 4 aromatic rings. The third-order valence-corrected chi connectivity index (χ3v) is 5.61. The number of hydrogen-bond donors (Lipinski definition) is 1. The number of fused-ring (bicyclic) bond motifs is 1. The van der Waals surface area contributed by atoms with Crippen molar-refractivity contribution in [2.24, 2.45) is 0 Å². The van der Waals surface area contributed by atoms with Crippen molar-refractivity contribution in [3.05, 3.63) is 54.0 Å². The molecule has 1 unspecified atom stereocenters. The smallest absolute Gasteiger partial charge is 0.327 e. The average molecular weight is 478 g/mol. The topological polar surface area (TPSA) is 109 Å². The fraction of sp³-hybridized carbons (Fsp3) is 0.292. The molecule has 1 atom stereocenters. The van der Waals surface area contributed by atoms with Crippen molar-refractivity contribution in [3.63, 3.8) is 0 Å². The molecule has 0 radical (unpaired) electrons. The molecule has 2 aromatic heterocycles. The lowest BCUT2D eigenvalue weighted by Crippen LogP contribution is -2.42. The van der Waals surface area contributed by atoms with Gasteiger partial charge in [0.1, 0.15) is 0 Å². The molecule has 3 heterocycles. The molecule has 35 heavy (non-hydrogen) atoms. The highest BCUT2D eigenvalue weighted by molar-refractivity contribution is 5.94. The van der Waals surface area contributed by atoms with Gasteiger partial charge in [-0.15, -0.1) is 0 Å².